The molecule has 0 amide bonds. The number of fused-ring (bicyclic) bond motifs is 1. The summed E-state index contributed by atoms with van der Waals surface area (Å²) >= 11 is 0. The van der Waals surface area contributed by atoms with Crippen molar-refractivity contribution >= 4 is 27.6 Å². The number of rotatable bonds is 2. The van der Waals surface area contributed by atoms with E-state index in [-0.39, 0.29) is 0 Å². The molecule has 1 heterocycles. The molecule has 0 spiro atoms. The maximum absolute atomic E-state index is 10.7. The van der Waals surface area contributed by atoms with E-state index in [2.05, 4.69) is 4.18 Å². The first kappa shape index (κ1) is 15.2. The van der Waals surface area contributed by atoms with E-state index >= 15 is 0 Å². The molecule has 0 saturated heterocycles. The molecular formula is C12H13NO5S. The molecule has 1 aromatic carbocycles. The first-order valence-corrected chi connectivity index (χ1v) is 6.56. The van der Waals surface area contributed by atoms with Crippen molar-refractivity contribution in [3.05, 3.63) is 42.1 Å². The Balaban J connectivity index is 0.000000258. The van der Waals surface area contributed by atoms with Crippen molar-refractivity contribution in [1.29, 1.82) is 0 Å². The smallest absolute Gasteiger partial charge is 0.217 e. The van der Waals surface area contributed by atoms with Gasteiger partial charge in [0.1, 0.15) is 7.05 Å². The summed E-state index contributed by atoms with van der Waals surface area (Å²) in [4.78, 5) is 10.7. The first-order chi connectivity index (χ1) is 8.89. The predicted octanol–water partition coefficient (Wildman–Crippen LogP) is 0.570. The van der Waals surface area contributed by atoms with E-state index in [1.165, 1.54) is 0 Å². The number of benzene rings is 1. The number of aryl methyl sites for hydroxylation is 1. The van der Waals surface area contributed by atoms with Gasteiger partial charge in [-0.05, 0) is 6.07 Å². The van der Waals surface area contributed by atoms with Crippen LogP contribution in [0.15, 0.2) is 36.5 Å². The van der Waals surface area contributed by atoms with Crippen LogP contribution in [-0.2, 0) is 21.6 Å². The van der Waals surface area contributed by atoms with E-state index in [0.29, 0.717) is 0 Å². The van der Waals surface area contributed by atoms with Crippen molar-refractivity contribution in [3.8, 4) is 0 Å². The van der Waals surface area contributed by atoms with Gasteiger partial charge < -0.3 is 4.55 Å². The average Bonchev–Trinajstić information content (AvgIpc) is 2.39. The number of carbonyl (C=O) groups is 1. The number of aromatic nitrogens is 1. The summed E-state index contributed by atoms with van der Waals surface area (Å²) in [6.07, 6.45) is 2.79. The third kappa shape index (κ3) is 4.40. The van der Waals surface area contributed by atoms with Crippen LogP contribution in [0.2, 0.25) is 0 Å². The molecule has 0 saturated carbocycles. The maximum Gasteiger partial charge on any atom is 0.217 e. The van der Waals surface area contributed by atoms with Crippen LogP contribution in [0.3, 0.4) is 0 Å². The van der Waals surface area contributed by atoms with Gasteiger partial charge in [0.05, 0.1) is 12.5 Å². The second kappa shape index (κ2) is 6.37. The second-order valence-electron chi connectivity index (χ2n) is 3.59. The van der Waals surface area contributed by atoms with Gasteiger partial charge in [-0.1, -0.05) is 12.1 Å². The van der Waals surface area contributed by atoms with Gasteiger partial charge >= 0.3 is 0 Å². The van der Waals surface area contributed by atoms with E-state index in [1.807, 2.05) is 48.1 Å². The van der Waals surface area contributed by atoms with Crippen LogP contribution in [-0.4, -0.2) is 26.4 Å². The summed E-state index contributed by atoms with van der Waals surface area (Å²) in [5, 5.41) is 1.00. The Bertz CT molecular complexity index is 682. The van der Waals surface area contributed by atoms with Crippen molar-refractivity contribution in [2.24, 2.45) is 7.05 Å². The monoisotopic (exact) mass is 283 g/mol. The van der Waals surface area contributed by atoms with E-state index < -0.39 is 10.4 Å². The Morgan fingerprint density at radius 1 is 1.26 bits per heavy atom. The normalized spacial score (nSPS) is 10.7. The Hall–Kier alpha value is -1.83. The molecule has 0 bridgehead atoms. The van der Waals surface area contributed by atoms with Crippen LogP contribution in [0.25, 0.3) is 10.9 Å². The molecule has 0 aliphatic carbocycles. The lowest BCUT2D eigenvalue weighted by atomic mass is 10.1. The molecule has 6 nitrogen and oxygen atoms in total. The van der Waals surface area contributed by atoms with E-state index in [1.54, 1.807) is 0 Å². The number of hydrogen-bond donors (Lipinski definition) is 0. The zero-order chi connectivity index (χ0) is 14.5. The Morgan fingerprint density at radius 2 is 1.84 bits per heavy atom. The molecule has 102 valence electrons. The third-order valence-electron chi connectivity index (χ3n) is 2.40. The van der Waals surface area contributed by atoms with Gasteiger partial charge in [-0.15, -0.1) is 0 Å². The lowest BCUT2D eigenvalue weighted by Crippen LogP contribution is -2.28. The van der Waals surface area contributed by atoms with Crippen LogP contribution >= 0.6 is 0 Å². The summed E-state index contributed by atoms with van der Waals surface area (Å²) < 4.78 is 33.0. The topological polar surface area (TPSA) is 87.4 Å². The van der Waals surface area contributed by atoms with Crippen LogP contribution in [0.1, 0.15) is 10.4 Å². The number of nitrogens with zero attached hydrogens (tertiary/aromatic N) is 1. The van der Waals surface area contributed by atoms with Crippen LogP contribution in [0, 0.1) is 0 Å². The van der Waals surface area contributed by atoms with Gasteiger partial charge in [0, 0.05) is 17.7 Å². The lowest BCUT2D eigenvalue weighted by Gasteiger charge is -1.98. The quantitative estimate of drug-likeness (QED) is 0.348. The van der Waals surface area contributed by atoms with Crippen molar-refractivity contribution in [1.82, 2.24) is 0 Å². The number of carbonyl (C=O) groups excluding carboxylic acids is 1. The number of pyridine rings is 1. The van der Waals surface area contributed by atoms with Gasteiger partial charge in [0.2, 0.25) is 15.9 Å². The summed E-state index contributed by atoms with van der Waals surface area (Å²) in [7, 11) is -1.64. The largest absolute Gasteiger partial charge is 0.726 e. The number of hydrogen-bond acceptors (Lipinski definition) is 5. The Morgan fingerprint density at radius 3 is 2.37 bits per heavy atom. The molecule has 0 aliphatic heterocycles. The SMILES string of the molecule is COS(=O)(=O)[O-].C[n+]1ccc(C=O)c2ccccc21. The highest BCUT2D eigenvalue weighted by atomic mass is 32.3. The molecule has 19 heavy (non-hydrogen) atoms. The number of aldehydes is 1. The average molecular weight is 283 g/mol. The maximum atomic E-state index is 10.7. The van der Waals surface area contributed by atoms with Gasteiger partial charge in [-0.2, -0.15) is 0 Å². The van der Waals surface area contributed by atoms with Crippen LogP contribution in [0.5, 0.6) is 0 Å². The fourth-order valence-electron chi connectivity index (χ4n) is 1.49. The van der Waals surface area contributed by atoms with E-state index in [9.17, 15) is 17.8 Å². The zero-order valence-corrected chi connectivity index (χ0v) is 11.3. The Labute approximate surface area is 111 Å². The Kier molecular flexibility index (Phi) is 5.11. The molecule has 2 aromatic rings. The fraction of sp³-hybridized carbons (Fsp3) is 0.167. The van der Waals surface area contributed by atoms with Crippen molar-refractivity contribution in [3.63, 3.8) is 0 Å². The minimum Gasteiger partial charge on any atom is -0.726 e. The van der Waals surface area contributed by atoms with Crippen molar-refractivity contribution < 1.29 is 26.5 Å². The van der Waals surface area contributed by atoms with Crippen LogP contribution < -0.4 is 4.57 Å². The molecular weight excluding hydrogens is 270 g/mol. The number of para-hydroxylation sites is 1. The molecule has 1 aromatic heterocycles. The second-order valence-corrected chi connectivity index (χ2v) is 4.74. The highest BCUT2D eigenvalue weighted by molar-refractivity contribution is 7.80. The van der Waals surface area contributed by atoms with Crippen LogP contribution in [0.4, 0.5) is 0 Å². The summed E-state index contributed by atoms with van der Waals surface area (Å²) in [6.45, 7) is 0. The van der Waals surface area contributed by atoms with E-state index in [4.69, 9.17) is 0 Å². The first-order valence-electron chi connectivity index (χ1n) is 5.23. The van der Waals surface area contributed by atoms with Crippen molar-refractivity contribution in [2.45, 2.75) is 0 Å². The summed E-state index contributed by atoms with van der Waals surface area (Å²) in [5.74, 6) is 0. The van der Waals surface area contributed by atoms with Crippen molar-refractivity contribution in [2.75, 3.05) is 7.11 Å². The molecule has 0 unspecified atom stereocenters. The molecule has 7 heteroatoms. The molecule has 0 aliphatic rings. The third-order valence-corrected chi connectivity index (χ3v) is 2.81. The molecule has 0 fully saturated rings. The van der Waals surface area contributed by atoms with E-state index in [0.717, 1.165) is 29.9 Å². The molecule has 0 N–H and O–H groups in total. The van der Waals surface area contributed by atoms with Gasteiger partial charge in [-0.25, -0.2) is 13.0 Å². The summed E-state index contributed by atoms with van der Waals surface area (Å²) in [6, 6.07) is 9.70. The highest BCUT2D eigenvalue weighted by Crippen LogP contribution is 2.12. The predicted molar refractivity (Wildman–Crippen MR) is 67.2 cm³/mol. The minimum atomic E-state index is -4.41. The van der Waals surface area contributed by atoms with Gasteiger partial charge in [0.25, 0.3) is 0 Å². The molecule has 0 atom stereocenters. The minimum absolute atomic E-state index is 0.744. The highest BCUT2D eigenvalue weighted by Gasteiger charge is 2.06. The van der Waals surface area contributed by atoms with Gasteiger partial charge in [0.15, 0.2) is 12.5 Å². The zero-order valence-electron chi connectivity index (χ0n) is 10.4. The lowest BCUT2D eigenvalue weighted by molar-refractivity contribution is -0.644. The molecule has 0 radical (unpaired) electrons. The fourth-order valence-corrected chi connectivity index (χ4v) is 1.49. The molecule has 2 rings (SSSR count). The van der Waals surface area contributed by atoms with Gasteiger partial charge in [-0.3, -0.25) is 8.98 Å². The standard InChI is InChI=1S/C11H10NO.CH4O4S/c1-12-7-6-9(8-13)10-4-2-3-5-11(10)12;1-5-6(2,3)4/h2-8H,1H3;1H3,(H,2,3,4)/q+1;/p-1. The summed E-state index contributed by atoms with van der Waals surface area (Å²) in [5.41, 5.74) is 1.82.